The van der Waals surface area contributed by atoms with Crippen molar-refractivity contribution in [2.45, 2.75) is 19.4 Å². The topological polar surface area (TPSA) is 56.1 Å². The molecular formula is C16H21N3O2. The Hall–Kier alpha value is -2.14. The number of carbonyl (C=O) groups excluding carboxylic acids is 1. The number of hydrogen-bond acceptors (Lipinski definition) is 4. The second kappa shape index (κ2) is 7.59. The molecule has 0 aliphatic heterocycles. The molecule has 0 fully saturated rings. The lowest BCUT2D eigenvalue weighted by atomic mass is 10.0. The summed E-state index contributed by atoms with van der Waals surface area (Å²) in [4.78, 5) is 11.4. The van der Waals surface area contributed by atoms with Gasteiger partial charge in [0.15, 0.2) is 0 Å². The van der Waals surface area contributed by atoms with Gasteiger partial charge in [0.1, 0.15) is 0 Å². The van der Waals surface area contributed by atoms with Crippen LogP contribution in [0.1, 0.15) is 16.8 Å². The molecule has 21 heavy (non-hydrogen) atoms. The number of esters is 1. The van der Waals surface area contributed by atoms with Gasteiger partial charge in [0.05, 0.1) is 13.5 Å². The van der Waals surface area contributed by atoms with Gasteiger partial charge in [0.25, 0.3) is 0 Å². The molecule has 0 aliphatic rings. The number of rotatable bonds is 7. The first-order valence-corrected chi connectivity index (χ1v) is 7.02. The number of carbonyl (C=O) groups is 1. The average Bonchev–Trinajstić information content (AvgIpc) is 2.90. The lowest BCUT2D eigenvalue weighted by molar-refractivity contribution is -0.139. The van der Waals surface area contributed by atoms with E-state index in [1.165, 1.54) is 12.8 Å². The van der Waals surface area contributed by atoms with E-state index in [4.69, 9.17) is 4.74 Å². The molecule has 0 amide bonds. The molecule has 1 heterocycles. The van der Waals surface area contributed by atoms with E-state index in [1.54, 1.807) is 6.20 Å². The summed E-state index contributed by atoms with van der Waals surface area (Å²) in [5.41, 5.74) is 3.34. The number of aryl methyl sites for hydroxylation is 1. The zero-order valence-corrected chi connectivity index (χ0v) is 12.5. The van der Waals surface area contributed by atoms with Gasteiger partial charge in [-0.25, -0.2) is 0 Å². The molecule has 5 heteroatoms. The normalized spacial score (nSPS) is 10.6. The van der Waals surface area contributed by atoms with E-state index in [9.17, 15) is 4.79 Å². The number of benzene rings is 1. The fraction of sp³-hybridized carbons (Fsp3) is 0.375. The summed E-state index contributed by atoms with van der Waals surface area (Å²) in [7, 11) is 3.36. The van der Waals surface area contributed by atoms with Gasteiger partial charge < -0.3 is 10.1 Å². The van der Waals surface area contributed by atoms with Crippen molar-refractivity contribution in [1.82, 2.24) is 15.1 Å². The van der Waals surface area contributed by atoms with E-state index in [0.29, 0.717) is 6.42 Å². The van der Waals surface area contributed by atoms with Crippen molar-refractivity contribution >= 4 is 5.97 Å². The molecule has 0 bridgehead atoms. The van der Waals surface area contributed by atoms with Crippen LogP contribution in [0.25, 0.3) is 0 Å². The van der Waals surface area contributed by atoms with E-state index in [2.05, 4.69) is 10.4 Å². The third-order valence-electron chi connectivity index (χ3n) is 3.48. The average molecular weight is 287 g/mol. The Balaban J connectivity index is 1.85. The predicted octanol–water partition coefficient (Wildman–Crippen LogP) is 1.47. The van der Waals surface area contributed by atoms with E-state index in [1.807, 2.05) is 42.1 Å². The van der Waals surface area contributed by atoms with Crippen LogP contribution in [0.3, 0.4) is 0 Å². The van der Waals surface area contributed by atoms with E-state index >= 15 is 0 Å². The summed E-state index contributed by atoms with van der Waals surface area (Å²) >= 11 is 0. The van der Waals surface area contributed by atoms with Gasteiger partial charge in [0, 0.05) is 38.4 Å². The number of aromatic nitrogens is 2. The van der Waals surface area contributed by atoms with Crippen molar-refractivity contribution in [3.05, 3.63) is 53.3 Å². The number of ether oxygens (including phenoxy) is 1. The zero-order valence-electron chi connectivity index (χ0n) is 12.5. The first-order chi connectivity index (χ1) is 10.2. The summed E-state index contributed by atoms with van der Waals surface area (Å²) < 4.78 is 6.61. The minimum atomic E-state index is -0.211. The van der Waals surface area contributed by atoms with Crippen LogP contribution in [0.5, 0.6) is 0 Å². The molecule has 1 N–H and O–H groups in total. The lowest BCUT2D eigenvalue weighted by Crippen LogP contribution is -2.19. The van der Waals surface area contributed by atoms with Crippen molar-refractivity contribution in [1.29, 1.82) is 0 Å². The van der Waals surface area contributed by atoms with Crippen LogP contribution < -0.4 is 5.32 Å². The molecule has 0 spiro atoms. The van der Waals surface area contributed by atoms with Crippen LogP contribution in [-0.4, -0.2) is 29.4 Å². The SMILES string of the molecule is COC(=O)Cc1ccccc1CNCCc1ccnn1C. The smallest absolute Gasteiger partial charge is 0.309 e. The number of methoxy groups -OCH3 is 1. The molecule has 0 aliphatic carbocycles. The number of nitrogens with one attached hydrogen (secondary N) is 1. The highest BCUT2D eigenvalue weighted by molar-refractivity contribution is 5.72. The highest BCUT2D eigenvalue weighted by Crippen LogP contribution is 2.10. The molecule has 2 rings (SSSR count). The van der Waals surface area contributed by atoms with E-state index < -0.39 is 0 Å². The van der Waals surface area contributed by atoms with Crippen molar-refractivity contribution in [3.63, 3.8) is 0 Å². The molecule has 112 valence electrons. The number of nitrogens with zero attached hydrogens (tertiary/aromatic N) is 2. The van der Waals surface area contributed by atoms with Gasteiger partial charge in [-0.3, -0.25) is 9.48 Å². The third kappa shape index (κ3) is 4.43. The molecule has 2 aromatic rings. The van der Waals surface area contributed by atoms with Gasteiger partial charge in [-0.15, -0.1) is 0 Å². The second-order valence-corrected chi connectivity index (χ2v) is 4.89. The maximum atomic E-state index is 11.4. The van der Waals surface area contributed by atoms with E-state index in [0.717, 1.165) is 30.6 Å². The van der Waals surface area contributed by atoms with Gasteiger partial charge in [-0.05, 0) is 17.2 Å². The van der Waals surface area contributed by atoms with Crippen LogP contribution in [0, 0.1) is 0 Å². The summed E-state index contributed by atoms with van der Waals surface area (Å²) in [6.07, 6.45) is 3.05. The Labute approximate surface area is 124 Å². The molecule has 0 saturated carbocycles. The Bertz CT molecular complexity index is 593. The molecule has 0 unspecified atom stereocenters. The predicted molar refractivity (Wildman–Crippen MR) is 80.8 cm³/mol. The first-order valence-electron chi connectivity index (χ1n) is 7.02. The van der Waals surface area contributed by atoms with Crippen LogP contribution in [0.4, 0.5) is 0 Å². The number of hydrogen-bond donors (Lipinski definition) is 1. The fourth-order valence-corrected chi connectivity index (χ4v) is 2.22. The molecule has 0 atom stereocenters. The van der Waals surface area contributed by atoms with Crippen molar-refractivity contribution in [2.75, 3.05) is 13.7 Å². The van der Waals surface area contributed by atoms with Crippen LogP contribution in [0.2, 0.25) is 0 Å². The largest absolute Gasteiger partial charge is 0.469 e. The zero-order chi connectivity index (χ0) is 15.1. The highest BCUT2D eigenvalue weighted by atomic mass is 16.5. The van der Waals surface area contributed by atoms with Gasteiger partial charge in [-0.2, -0.15) is 5.10 Å². The Morgan fingerprint density at radius 2 is 2.05 bits per heavy atom. The fourth-order valence-electron chi connectivity index (χ4n) is 2.22. The third-order valence-corrected chi connectivity index (χ3v) is 3.48. The van der Waals surface area contributed by atoms with Gasteiger partial charge in [0.2, 0.25) is 0 Å². The Morgan fingerprint density at radius 3 is 2.71 bits per heavy atom. The minimum absolute atomic E-state index is 0.211. The maximum Gasteiger partial charge on any atom is 0.309 e. The lowest BCUT2D eigenvalue weighted by Gasteiger charge is -2.10. The summed E-state index contributed by atoms with van der Waals surface area (Å²) in [5.74, 6) is -0.211. The maximum absolute atomic E-state index is 11.4. The summed E-state index contributed by atoms with van der Waals surface area (Å²) in [5, 5.41) is 7.55. The molecule has 5 nitrogen and oxygen atoms in total. The quantitative estimate of drug-likeness (QED) is 0.619. The first kappa shape index (κ1) is 15.3. The van der Waals surface area contributed by atoms with Gasteiger partial charge in [-0.1, -0.05) is 24.3 Å². The Kier molecular flexibility index (Phi) is 5.51. The van der Waals surface area contributed by atoms with Crippen molar-refractivity contribution in [3.8, 4) is 0 Å². The van der Waals surface area contributed by atoms with Gasteiger partial charge >= 0.3 is 5.97 Å². The summed E-state index contributed by atoms with van der Waals surface area (Å²) in [6.45, 7) is 1.61. The summed E-state index contributed by atoms with van der Waals surface area (Å²) in [6, 6.07) is 9.95. The molecule has 0 radical (unpaired) electrons. The van der Waals surface area contributed by atoms with Crippen LogP contribution >= 0.6 is 0 Å². The van der Waals surface area contributed by atoms with E-state index in [-0.39, 0.29) is 5.97 Å². The van der Waals surface area contributed by atoms with Crippen molar-refractivity contribution < 1.29 is 9.53 Å². The monoisotopic (exact) mass is 287 g/mol. The standard InChI is InChI=1S/C16H21N3O2/c1-19-15(8-10-18-19)7-9-17-12-14-6-4-3-5-13(14)11-16(20)21-2/h3-6,8,10,17H,7,9,11-12H2,1-2H3. The molecule has 1 aromatic carbocycles. The minimum Gasteiger partial charge on any atom is -0.469 e. The van der Waals surface area contributed by atoms with Crippen molar-refractivity contribution in [2.24, 2.45) is 7.05 Å². The second-order valence-electron chi connectivity index (χ2n) is 4.89. The Morgan fingerprint density at radius 1 is 1.29 bits per heavy atom. The molecule has 1 aromatic heterocycles. The highest BCUT2D eigenvalue weighted by Gasteiger charge is 2.07. The van der Waals surface area contributed by atoms with Crippen LogP contribution in [-0.2, 0) is 36.0 Å². The molecular weight excluding hydrogens is 266 g/mol. The van der Waals surface area contributed by atoms with Crippen LogP contribution in [0.15, 0.2) is 36.5 Å². The molecule has 0 saturated heterocycles.